The van der Waals surface area contributed by atoms with E-state index in [1.165, 1.54) is 0 Å². The van der Waals surface area contributed by atoms with Crippen LogP contribution in [0, 0.1) is 0 Å². The van der Waals surface area contributed by atoms with Gasteiger partial charge in [-0.25, -0.2) is 0 Å². The first-order valence-corrected chi connectivity index (χ1v) is 15.9. The van der Waals surface area contributed by atoms with E-state index in [-0.39, 0.29) is 5.04 Å². The Hall–Kier alpha value is -3.36. The average molecular weight is 533 g/mol. The molecule has 0 aliphatic heterocycles. The number of benzene rings is 2. The van der Waals surface area contributed by atoms with Crippen LogP contribution in [-0.4, -0.2) is 50.5 Å². The second-order valence-electron chi connectivity index (χ2n) is 11.2. The third-order valence-electron chi connectivity index (χ3n) is 7.46. The molecule has 0 saturated carbocycles. The predicted octanol–water partition coefficient (Wildman–Crippen LogP) is 7.20. The molecule has 0 bridgehead atoms. The molecule has 202 valence electrons. The number of hydrogen-bond acceptors (Lipinski definition) is 6. The number of aryl methyl sites for hydroxylation is 1. The van der Waals surface area contributed by atoms with Crippen LogP contribution in [0.2, 0.25) is 18.1 Å². The summed E-state index contributed by atoms with van der Waals surface area (Å²) in [6, 6.07) is 14.6. The molecule has 38 heavy (non-hydrogen) atoms. The van der Waals surface area contributed by atoms with E-state index < -0.39 is 8.32 Å². The lowest BCUT2D eigenvalue weighted by Gasteiger charge is -2.36. The van der Waals surface area contributed by atoms with Crippen LogP contribution in [0.4, 0.5) is 11.4 Å². The van der Waals surface area contributed by atoms with Gasteiger partial charge in [0.25, 0.3) is 0 Å². The van der Waals surface area contributed by atoms with Crippen LogP contribution >= 0.6 is 0 Å². The smallest absolute Gasteiger partial charge is 0.191 e. The highest BCUT2D eigenvalue weighted by molar-refractivity contribution is 6.74. The summed E-state index contributed by atoms with van der Waals surface area (Å²) in [4.78, 5) is 7.01. The van der Waals surface area contributed by atoms with Crippen molar-refractivity contribution in [2.24, 2.45) is 7.05 Å². The van der Waals surface area contributed by atoms with Crippen molar-refractivity contribution in [1.82, 2.24) is 14.8 Å². The topological polar surface area (TPSA) is 61.6 Å². The van der Waals surface area contributed by atoms with Crippen LogP contribution in [-0.2, 0) is 11.5 Å². The Kier molecular flexibility index (Phi) is 8.13. The molecule has 2 heterocycles. The fourth-order valence-electron chi connectivity index (χ4n) is 4.14. The van der Waals surface area contributed by atoms with E-state index in [0.717, 1.165) is 57.9 Å². The van der Waals surface area contributed by atoms with Gasteiger partial charge in [0, 0.05) is 78.7 Å². The standard InChI is InChI=1S/C30H40N4O3Si/c1-30(2,3)38(7,8)37-13-9-12-34(26-16-27(35-5)18-28(17-26)36-6)25-10-11-29-22(15-25)14-23(19-31-29)24-20-32-33(4)21-24/h10-11,14-21H,9,12-13H2,1-8H3. The quantitative estimate of drug-likeness (QED) is 0.159. The minimum Gasteiger partial charge on any atom is -0.497 e. The van der Waals surface area contributed by atoms with Gasteiger partial charge in [-0.2, -0.15) is 5.10 Å². The molecule has 2 aromatic heterocycles. The van der Waals surface area contributed by atoms with Gasteiger partial charge in [0.15, 0.2) is 8.32 Å². The highest BCUT2D eigenvalue weighted by atomic mass is 28.4. The van der Waals surface area contributed by atoms with Crippen molar-refractivity contribution in [3.63, 3.8) is 0 Å². The van der Waals surface area contributed by atoms with E-state index in [4.69, 9.17) is 18.9 Å². The van der Waals surface area contributed by atoms with Gasteiger partial charge in [0.2, 0.25) is 0 Å². The molecule has 0 aliphatic carbocycles. The number of pyridine rings is 1. The van der Waals surface area contributed by atoms with Crippen molar-refractivity contribution in [1.29, 1.82) is 0 Å². The van der Waals surface area contributed by atoms with E-state index in [0.29, 0.717) is 6.61 Å². The minimum atomic E-state index is -1.81. The zero-order valence-electron chi connectivity index (χ0n) is 23.9. The molecule has 0 aliphatic rings. The maximum absolute atomic E-state index is 6.49. The fourth-order valence-corrected chi connectivity index (χ4v) is 5.22. The average Bonchev–Trinajstić information content (AvgIpc) is 3.33. The summed E-state index contributed by atoms with van der Waals surface area (Å²) in [7, 11) is 3.47. The zero-order valence-corrected chi connectivity index (χ0v) is 24.9. The molecule has 0 spiro atoms. The predicted molar refractivity (Wildman–Crippen MR) is 158 cm³/mol. The summed E-state index contributed by atoms with van der Waals surface area (Å²) in [5.74, 6) is 1.51. The molecule has 0 radical (unpaired) electrons. The van der Waals surface area contributed by atoms with Crippen LogP contribution in [0.1, 0.15) is 27.2 Å². The number of nitrogens with zero attached hydrogens (tertiary/aromatic N) is 4. The summed E-state index contributed by atoms with van der Waals surface area (Å²) in [5.41, 5.74) is 5.12. The Morgan fingerprint density at radius 1 is 0.895 bits per heavy atom. The van der Waals surface area contributed by atoms with E-state index >= 15 is 0 Å². The summed E-state index contributed by atoms with van der Waals surface area (Å²) in [5, 5.41) is 5.57. The Bertz CT molecular complexity index is 1370. The first kappa shape index (κ1) is 27.7. The molecule has 4 rings (SSSR count). The lowest BCUT2D eigenvalue weighted by atomic mass is 10.1. The second kappa shape index (κ2) is 11.2. The van der Waals surface area contributed by atoms with Crippen LogP contribution < -0.4 is 14.4 Å². The molecule has 4 aromatic rings. The number of rotatable bonds is 10. The third-order valence-corrected chi connectivity index (χ3v) is 12.0. The van der Waals surface area contributed by atoms with E-state index in [2.05, 4.69) is 68.1 Å². The largest absolute Gasteiger partial charge is 0.497 e. The normalized spacial score (nSPS) is 12.1. The number of methoxy groups -OCH3 is 2. The third kappa shape index (κ3) is 6.19. The van der Waals surface area contributed by atoms with Gasteiger partial charge in [-0.1, -0.05) is 20.8 Å². The summed E-state index contributed by atoms with van der Waals surface area (Å²) in [6.45, 7) is 12.9. The van der Waals surface area contributed by atoms with Crippen molar-refractivity contribution in [2.45, 2.75) is 45.3 Å². The lowest BCUT2D eigenvalue weighted by Crippen LogP contribution is -2.41. The van der Waals surface area contributed by atoms with Gasteiger partial charge < -0.3 is 18.8 Å². The number of hydrogen-bond donors (Lipinski definition) is 0. The Balaban J connectivity index is 1.68. The fraction of sp³-hybridized carbons (Fsp3) is 0.400. The van der Waals surface area contributed by atoms with Crippen LogP contribution in [0.25, 0.3) is 22.0 Å². The summed E-state index contributed by atoms with van der Waals surface area (Å²) >= 11 is 0. The number of anilines is 2. The SMILES string of the molecule is COc1cc(OC)cc(N(CCCO[Si](C)(C)C(C)(C)C)c2ccc3ncc(-c4cnn(C)c4)cc3c2)c1. The molecule has 0 fully saturated rings. The van der Waals surface area contributed by atoms with E-state index in [1.807, 2.05) is 43.8 Å². The van der Waals surface area contributed by atoms with Crippen molar-refractivity contribution >= 4 is 30.6 Å². The number of aromatic nitrogens is 3. The van der Waals surface area contributed by atoms with E-state index in [1.54, 1.807) is 18.9 Å². The highest BCUT2D eigenvalue weighted by Crippen LogP contribution is 2.37. The van der Waals surface area contributed by atoms with Gasteiger partial charge in [0.1, 0.15) is 11.5 Å². The van der Waals surface area contributed by atoms with Crippen molar-refractivity contribution in [2.75, 3.05) is 32.3 Å². The molecule has 8 heteroatoms. The van der Waals surface area contributed by atoms with E-state index in [9.17, 15) is 0 Å². The molecule has 0 unspecified atom stereocenters. The van der Waals surface area contributed by atoms with Crippen LogP contribution in [0.15, 0.2) is 61.1 Å². The van der Waals surface area contributed by atoms with Gasteiger partial charge in [-0.3, -0.25) is 9.67 Å². The Morgan fingerprint density at radius 2 is 1.61 bits per heavy atom. The van der Waals surface area contributed by atoms with Crippen molar-refractivity contribution < 1.29 is 13.9 Å². The van der Waals surface area contributed by atoms with Crippen LogP contribution in [0.5, 0.6) is 11.5 Å². The lowest BCUT2D eigenvalue weighted by molar-refractivity contribution is 0.284. The van der Waals surface area contributed by atoms with Crippen molar-refractivity contribution in [3.05, 3.63) is 61.1 Å². The Morgan fingerprint density at radius 3 is 2.21 bits per heavy atom. The first-order valence-electron chi connectivity index (χ1n) is 13.0. The maximum atomic E-state index is 6.49. The molecule has 0 saturated heterocycles. The molecule has 7 nitrogen and oxygen atoms in total. The van der Waals surface area contributed by atoms with Gasteiger partial charge >= 0.3 is 0 Å². The summed E-state index contributed by atoms with van der Waals surface area (Å²) in [6.07, 6.45) is 6.66. The van der Waals surface area contributed by atoms with Gasteiger partial charge in [-0.05, 0) is 48.8 Å². The molecule has 0 amide bonds. The zero-order chi connectivity index (χ0) is 27.5. The summed E-state index contributed by atoms with van der Waals surface area (Å²) < 4.78 is 19.5. The number of ether oxygens (including phenoxy) is 2. The Labute approximate surface area is 227 Å². The van der Waals surface area contributed by atoms with Crippen LogP contribution in [0.3, 0.4) is 0 Å². The molecule has 0 atom stereocenters. The monoisotopic (exact) mass is 532 g/mol. The molecule has 2 aromatic carbocycles. The first-order chi connectivity index (χ1) is 18.0. The second-order valence-corrected chi connectivity index (χ2v) is 16.0. The minimum absolute atomic E-state index is 0.185. The van der Waals surface area contributed by atoms with Gasteiger partial charge in [-0.15, -0.1) is 0 Å². The molecular weight excluding hydrogens is 492 g/mol. The number of fused-ring (bicyclic) bond motifs is 1. The highest BCUT2D eigenvalue weighted by Gasteiger charge is 2.36. The van der Waals surface area contributed by atoms with Gasteiger partial charge in [0.05, 0.1) is 25.9 Å². The van der Waals surface area contributed by atoms with Crippen molar-refractivity contribution in [3.8, 4) is 22.6 Å². The maximum Gasteiger partial charge on any atom is 0.191 e. The molecular formula is C30H40N4O3Si. The molecule has 0 N–H and O–H groups in total.